The van der Waals surface area contributed by atoms with Crippen molar-refractivity contribution in [2.75, 3.05) is 5.75 Å². The zero-order chi connectivity index (χ0) is 17.5. The van der Waals surface area contributed by atoms with Crippen LogP contribution in [-0.2, 0) is 15.5 Å². The average molecular weight is 344 g/mol. The Kier molecular flexibility index (Phi) is 4.30. The molecule has 0 atom stereocenters. The summed E-state index contributed by atoms with van der Waals surface area (Å²) in [6.45, 7) is 6.71. The largest absolute Gasteiger partial charge is 0.286 e. The Hall–Kier alpha value is -1.65. The molecule has 4 heteroatoms. The van der Waals surface area contributed by atoms with Gasteiger partial charge in [-0.25, -0.2) is 0 Å². The summed E-state index contributed by atoms with van der Waals surface area (Å²) in [4.78, 5) is 0. The van der Waals surface area contributed by atoms with Crippen LogP contribution in [0.4, 0.5) is 0 Å². The zero-order valence-electron chi connectivity index (χ0n) is 14.5. The van der Waals surface area contributed by atoms with Crippen molar-refractivity contribution in [3.8, 4) is 0 Å². The lowest BCUT2D eigenvalue weighted by molar-refractivity contribution is 0.480. The maximum Gasteiger partial charge on any atom is 0.264 e. The first kappa shape index (κ1) is 17.2. The summed E-state index contributed by atoms with van der Waals surface area (Å²) >= 11 is 0. The highest BCUT2D eigenvalue weighted by Crippen LogP contribution is 2.50. The van der Waals surface area contributed by atoms with Crippen molar-refractivity contribution in [3.63, 3.8) is 0 Å². The van der Waals surface area contributed by atoms with E-state index in [4.69, 9.17) is 4.55 Å². The average Bonchev–Trinajstić information content (AvgIpc) is 2.71. The van der Waals surface area contributed by atoms with E-state index < -0.39 is 10.1 Å². The zero-order valence-corrected chi connectivity index (χ0v) is 15.3. The molecule has 24 heavy (non-hydrogen) atoms. The number of hydrogen-bond donors (Lipinski definition) is 1. The van der Waals surface area contributed by atoms with Crippen molar-refractivity contribution in [2.45, 2.75) is 45.4 Å². The Morgan fingerprint density at radius 2 is 1.75 bits per heavy atom. The number of benzene rings is 2. The fraction of sp³-hybridized carbons (Fsp3) is 0.400. The molecule has 0 amide bonds. The van der Waals surface area contributed by atoms with Crippen molar-refractivity contribution < 1.29 is 13.0 Å². The lowest BCUT2D eigenvalue weighted by Crippen LogP contribution is -2.16. The van der Waals surface area contributed by atoms with E-state index in [1.54, 1.807) is 0 Å². The smallest absolute Gasteiger partial charge is 0.264 e. The summed E-state index contributed by atoms with van der Waals surface area (Å²) in [6, 6.07) is 12.8. The molecule has 0 unspecified atom stereocenters. The van der Waals surface area contributed by atoms with Crippen molar-refractivity contribution >= 4 is 26.5 Å². The van der Waals surface area contributed by atoms with E-state index in [0.29, 0.717) is 6.42 Å². The van der Waals surface area contributed by atoms with Gasteiger partial charge in [-0.05, 0) is 53.7 Å². The molecule has 0 saturated heterocycles. The highest BCUT2D eigenvalue weighted by molar-refractivity contribution is 7.85. The molecule has 1 aliphatic rings. The van der Waals surface area contributed by atoms with E-state index >= 15 is 0 Å². The number of allylic oxidation sites excluding steroid dienone is 2. The SMILES string of the molecule is CC1=C(CCCCS(=O)(=O)O)c2ccc3ccccc3c2C1(C)C. The van der Waals surface area contributed by atoms with Crippen molar-refractivity contribution in [3.05, 3.63) is 53.1 Å². The first-order valence-electron chi connectivity index (χ1n) is 8.40. The predicted octanol–water partition coefficient (Wildman–Crippen LogP) is 4.96. The van der Waals surface area contributed by atoms with Crippen LogP contribution in [0.25, 0.3) is 16.3 Å². The van der Waals surface area contributed by atoms with Gasteiger partial charge in [0.25, 0.3) is 10.1 Å². The van der Waals surface area contributed by atoms with Gasteiger partial charge in [-0.1, -0.05) is 55.8 Å². The standard InChI is InChI=1S/C20H24O3S/c1-14-16(9-6-7-13-24(21,22)23)18-12-11-15-8-4-5-10-17(15)19(18)20(14,2)3/h4-5,8,10-12H,6-7,9,13H2,1-3H3,(H,21,22,23). The van der Waals surface area contributed by atoms with Crippen LogP contribution in [0.15, 0.2) is 42.0 Å². The quantitative estimate of drug-likeness (QED) is 0.616. The summed E-state index contributed by atoms with van der Waals surface area (Å²) in [7, 11) is -3.86. The van der Waals surface area contributed by atoms with E-state index in [-0.39, 0.29) is 11.2 Å². The van der Waals surface area contributed by atoms with E-state index in [1.807, 2.05) is 0 Å². The molecule has 1 aliphatic carbocycles. The highest BCUT2D eigenvalue weighted by atomic mass is 32.2. The molecule has 0 fully saturated rings. The summed E-state index contributed by atoms with van der Waals surface area (Å²) in [5, 5.41) is 2.55. The van der Waals surface area contributed by atoms with Crippen LogP contribution >= 0.6 is 0 Å². The van der Waals surface area contributed by atoms with Gasteiger partial charge in [0.2, 0.25) is 0 Å². The highest BCUT2D eigenvalue weighted by Gasteiger charge is 2.36. The monoisotopic (exact) mass is 344 g/mol. The van der Waals surface area contributed by atoms with Crippen molar-refractivity contribution in [2.24, 2.45) is 0 Å². The summed E-state index contributed by atoms with van der Waals surface area (Å²) in [6.07, 6.45) is 2.09. The van der Waals surface area contributed by atoms with Crippen LogP contribution < -0.4 is 0 Å². The molecule has 0 bridgehead atoms. The van der Waals surface area contributed by atoms with E-state index in [1.165, 1.54) is 33.0 Å². The summed E-state index contributed by atoms with van der Waals surface area (Å²) < 4.78 is 30.6. The lowest BCUT2D eigenvalue weighted by atomic mass is 9.79. The molecule has 2 aromatic carbocycles. The molecule has 0 aromatic heterocycles. The minimum absolute atomic E-state index is 0.0193. The number of unbranched alkanes of at least 4 members (excludes halogenated alkanes) is 1. The molecule has 0 saturated carbocycles. The van der Waals surface area contributed by atoms with E-state index in [9.17, 15) is 8.42 Å². The summed E-state index contributed by atoms with van der Waals surface area (Å²) in [5.74, 6) is -0.159. The van der Waals surface area contributed by atoms with Gasteiger partial charge in [-0.3, -0.25) is 4.55 Å². The molecule has 0 heterocycles. The van der Waals surface area contributed by atoms with Gasteiger partial charge >= 0.3 is 0 Å². The second-order valence-corrected chi connectivity index (χ2v) is 8.75. The first-order valence-corrected chi connectivity index (χ1v) is 10.0. The Morgan fingerprint density at radius 3 is 2.46 bits per heavy atom. The van der Waals surface area contributed by atoms with E-state index in [2.05, 4.69) is 57.2 Å². The fourth-order valence-electron chi connectivity index (χ4n) is 3.87. The van der Waals surface area contributed by atoms with Crippen LogP contribution in [0.1, 0.15) is 51.2 Å². The van der Waals surface area contributed by atoms with Crippen molar-refractivity contribution in [1.29, 1.82) is 0 Å². The number of fused-ring (bicyclic) bond motifs is 3. The molecule has 0 radical (unpaired) electrons. The van der Waals surface area contributed by atoms with Gasteiger partial charge in [0.15, 0.2) is 0 Å². The Balaban J connectivity index is 1.95. The molecule has 0 spiro atoms. The van der Waals surface area contributed by atoms with Gasteiger partial charge in [0.1, 0.15) is 0 Å². The summed E-state index contributed by atoms with van der Waals surface area (Å²) in [5.41, 5.74) is 5.34. The van der Waals surface area contributed by atoms with Gasteiger partial charge in [0, 0.05) is 5.41 Å². The molecule has 0 aliphatic heterocycles. The van der Waals surface area contributed by atoms with Crippen LogP contribution in [0.3, 0.4) is 0 Å². The van der Waals surface area contributed by atoms with Crippen LogP contribution in [-0.4, -0.2) is 18.7 Å². The maximum atomic E-state index is 10.9. The molecular weight excluding hydrogens is 320 g/mol. The topological polar surface area (TPSA) is 54.4 Å². The molecule has 128 valence electrons. The fourth-order valence-corrected chi connectivity index (χ4v) is 4.44. The molecule has 2 aromatic rings. The normalized spacial score (nSPS) is 16.7. The van der Waals surface area contributed by atoms with Crippen molar-refractivity contribution in [1.82, 2.24) is 0 Å². The third-order valence-electron chi connectivity index (χ3n) is 5.35. The maximum absolute atomic E-state index is 10.9. The van der Waals surface area contributed by atoms with Crippen LogP contribution in [0.5, 0.6) is 0 Å². The van der Waals surface area contributed by atoms with Crippen LogP contribution in [0.2, 0.25) is 0 Å². The second kappa shape index (κ2) is 6.01. The Labute approximate surface area is 144 Å². The minimum atomic E-state index is -3.86. The molecule has 3 nitrogen and oxygen atoms in total. The third kappa shape index (κ3) is 3.01. The predicted molar refractivity (Wildman–Crippen MR) is 99.8 cm³/mol. The third-order valence-corrected chi connectivity index (χ3v) is 6.15. The second-order valence-electron chi connectivity index (χ2n) is 7.18. The van der Waals surface area contributed by atoms with Crippen LogP contribution in [0, 0.1) is 0 Å². The Bertz CT molecular complexity index is 921. The Morgan fingerprint density at radius 1 is 1.04 bits per heavy atom. The molecule has 3 rings (SSSR count). The lowest BCUT2D eigenvalue weighted by Gasteiger charge is -2.24. The molecule has 1 N–H and O–H groups in total. The van der Waals surface area contributed by atoms with E-state index in [0.717, 1.165) is 12.8 Å². The number of hydrogen-bond acceptors (Lipinski definition) is 2. The first-order chi connectivity index (χ1) is 11.2. The minimum Gasteiger partial charge on any atom is -0.286 e. The van der Waals surface area contributed by atoms with Gasteiger partial charge in [-0.15, -0.1) is 0 Å². The van der Waals surface area contributed by atoms with Gasteiger partial charge in [0.05, 0.1) is 5.75 Å². The molecular formula is C20H24O3S. The van der Waals surface area contributed by atoms with Gasteiger partial charge in [-0.2, -0.15) is 8.42 Å². The number of rotatable bonds is 5. The van der Waals surface area contributed by atoms with Gasteiger partial charge < -0.3 is 0 Å².